The van der Waals surface area contributed by atoms with E-state index in [1.807, 2.05) is 0 Å². The van der Waals surface area contributed by atoms with Gasteiger partial charge in [-0.25, -0.2) is 4.39 Å². The highest BCUT2D eigenvalue weighted by atomic mass is 19.4. The lowest BCUT2D eigenvalue weighted by Crippen LogP contribution is -2.49. The number of carbonyl (C=O) groups excluding carboxylic acids is 1. The minimum absolute atomic E-state index is 0.360. The number of hydrogen-bond donors (Lipinski definition) is 1. The third-order valence-electron chi connectivity index (χ3n) is 2.10. The summed E-state index contributed by atoms with van der Waals surface area (Å²) in [7, 11) is 0. The molecule has 0 aromatic heterocycles. The van der Waals surface area contributed by atoms with E-state index in [0.717, 1.165) is 24.3 Å². The van der Waals surface area contributed by atoms with Crippen LogP contribution in [0.25, 0.3) is 0 Å². The summed E-state index contributed by atoms with van der Waals surface area (Å²) in [6, 6.07) is 3.47. The molecule has 1 N–H and O–H groups in total. The minimum atomic E-state index is -5.07. The van der Waals surface area contributed by atoms with Crippen molar-refractivity contribution >= 4 is 5.78 Å². The monoisotopic (exact) mass is 236 g/mol. The third-order valence-corrected chi connectivity index (χ3v) is 2.10. The van der Waals surface area contributed by atoms with E-state index in [9.17, 15) is 22.4 Å². The SMILES string of the molecule is CC(O)(C(=O)c1ccc(F)cc1)C(F)(F)F. The van der Waals surface area contributed by atoms with Crippen LogP contribution in [0.15, 0.2) is 24.3 Å². The van der Waals surface area contributed by atoms with Crippen molar-refractivity contribution in [2.75, 3.05) is 0 Å². The van der Waals surface area contributed by atoms with E-state index >= 15 is 0 Å². The Balaban J connectivity index is 3.07. The van der Waals surface area contributed by atoms with Crippen molar-refractivity contribution in [3.05, 3.63) is 35.6 Å². The van der Waals surface area contributed by atoms with E-state index < -0.39 is 28.9 Å². The van der Waals surface area contributed by atoms with E-state index in [0.29, 0.717) is 6.92 Å². The van der Waals surface area contributed by atoms with Crippen LogP contribution in [0.1, 0.15) is 17.3 Å². The van der Waals surface area contributed by atoms with Crippen LogP contribution in [-0.4, -0.2) is 22.7 Å². The van der Waals surface area contributed by atoms with Gasteiger partial charge < -0.3 is 5.11 Å². The predicted octanol–water partition coefficient (Wildman–Crippen LogP) is 2.32. The molecular formula is C10H8F4O2. The lowest BCUT2D eigenvalue weighted by Gasteiger charge is -2.24. The Hall–Kier alpha value is -1.43. The topological polar surface area (TPSA) is 37.3 Å². The molecule has 16 heavy (non-hydrogen) atoms. The molecule has 0 aliphatic rings. The van der Waals surface area contributed by atoms with E-state index in [2.05, 4.69) is 0 Å². The molecule has 0 amide bonds. The molecule has 0 fully saturated rings. The first-order valence-corrected chi connectivity index (χ1v) is 4.26. The normalized spacial score (nSPS) is 15.6. The molecule has 0 aliphatic heterocycles. The summed E-state index contributed by atoms with van der Waals surface area (Å²) in [5.41, 5.74) is -3.87. The Morgan fingerprint density at radius 1 is 1.19 bits per heavy atom. The first kappa shape index (κ1) is 12.6. The van der Waals surface area contributed by atoms with Gasteiger partial charge in [-0.1, -0.05) is 0 Å². The molecule has 1 rings (SSSR count). The number of rotatable bonds is 2. The quantitative estimate of drug-likeness (QED) is 0.632. The lowest BCUT2D eigenvalue weighted by atomic mass is 9.94. The van der Waals surface area contributed by atoms with Crippen molar-refractivity contribution in [2.45, 2.75) is 18.7 Å². The molecule has 0 heterocycles. The van der Waals surface area contributed by atoms with Crippen LogP contribution in [0.2, 0.25) is 0 Å². The average Bonchev–Trinajstić information content (AvgIpc) is 2.16. The highest BCUT2D eigenvalue weighted by Gasteiger charge is 2.55. The minimum Gasteiger partial charge on any atom is -0.374 e. The van der Waals surface area contributed by atoms with Crippen molar-refractivity contribution in [2.24, 2.45) is 0 Å². The summed E-state index contributed by atoms with van der Waals surface area (Å²) in [5.74, 6) is -2.19. The molecule has 0 saturated carbocycles. The Labute approximate surface area is 88.5 Å². The highest BCUT2D eigenvalue weighted by molar-refractivity contribution is 6.02. The van der Waals surface area contributed by atoms with Gasteiger partial charge in [-0.2, -0.15) is 13.2 Å². The number of benzene rings is 1. The molecule has 2 nitrogen and oxygen atoms in total. The van der Waals surface area contributed by atoms with Gasteiger partial charge in [0.15, 0.2) is 0 Å². The summed E-state index contributed by atoms with van der Waals surface area (Å²) in [6.45, 7) is 0.360. The van der Waals surface area contributed by atoms with Crippen LogP contribution in [0.3, 0.4) is 0 Å². The fourth-order valence-corrected chi connectivity index (χ4v) is 1.01. The number of carbonyl (C=O) groups is 1. The zero-order valence-electron chi connectivity index (χ0n) is 8.18. The summed E-state index contributed by atoms with van der Waals surface area (Å²) >= 11 is 0. The molecule has 0 aliphatic carbocycles. The van der Waals surface area contributed by atoms with Crippen molar-refractivity contribution in [1.82, 2.24) is 0 Å². The fraction of sp³-hybridized carbons (Fsp3) is 0.300. The van der Waals surface area contributed by atoms with Gasteiger partial charge >= 0.3 is 6.18 Å². The third kappa shape index (κ3) is 2.21. The van der Waals surface area contributed by atoms with E-state index in [1.54, 1.807) is 0 Å². The standard InChI is InChI=1S/C10H8F4O2/c1-9(16,10(12,13)14)8(15)6-2-4-7(11)5-3-6/h2-5,16H,1H3. The molecule has 1 atom stereocenters. The van der Waals surface area contributed by atoms with Gasteiger partial charge in [0.25, 0.3) is 0 Å². The zero-order chi connectivity index (χ0) is 12.6. The molecule has 0 radical (unpaired) electrons. The Morgan fingerprint density at radius 3 is 2.00 bits per heavy atom. The smallest absolute Gasteiger partial charge is 0.374 e. The van der Waals surface area contributed by atoms with Gasteiger partial charge in [0.1, 0.15) is 5.82 Å². The van der Waals surface area contributed by atoms with E-state index in [4.69, 9.17) is 5.11 Å². The Bertz CT molecular complexity index is 392. The first-order valence-electron chi connectivity index (χ1n) is 4.26. The molecule has 1 unspecified atom stereocenters. The zero-order valence-corrected chi connectivity index (χ0v) is 8.18. The van der Waals surface area contributed by atoms with Crippen LogP contribution in [-0.2, 0) is 0 Å². The molecule has 0 spiro atoms. The van der Waals surface area contributed by atoms with Crippen molar-refractivity contribution in [3.63, 3.8) is 0 Å². The maximum Gasteiger partial charge on any atom is 0.424 e. The van der Waals surface area contributed by atoms with Gasteiger partial charge in [0, 0.05) is 5.56 Å². The second kappa shape index (κ2) is 3.86. The summed E-state index contributed by atoms with van der Waals surface area (Å²) in [5, 5.41) is 9.07. The average molecular weight is 236 g/mol. The van der Waals surface area contributed by atoms with Gasteiger partial charge in [-0.3, -0.25) is 4.79 Å². The maximum atomic E-state index is 12.5. The Morgan fingerprint density at radius 2 is 1.62 bits per heavy atom. The summed E-state index contributed by atoms with van der Waals surface area (Å²) in [6.07, 6.45) is -5.07. The van der Waals surface area contributed by atoms with Crippen molar-refractivity contribution in [3.8, 4) is 0 Å². The molecular weight excluding hydrogens is 228 g/mol. The van der Waals surface area contributed by atoms with Crippen LogP contribution >= 0.6 is 0 Å². The van der Waals surface area contributed by atoms with Gasteiger partial charge in [-0.15, -0.1) is 0 Å². The van der Waals surface area contributed by atoms with Crippen molar-refractivity contribution < 1.29 is 27.5 Å². The maximum absolute atomic E-state index is 12.5. The van der Waals surface area contributed by atoms with Crippen molar-refractivity contribution in [1.29, 1.82) is 0 Å². The van der Waals surface area contributed by atoms with Gasteiger partial charge in [-0.05, 0) is 31.2 Å². The fourth-order valence-electron chi connectivity index (χ4n) is 1.01. The Kier molecular flexibility index (Phi) is 3.05. The summed E-state index contributed by atoms with van der Waals surface area (Å²) in [4.78, 5) is 11.3. The molecule has 0 bridgehead atoms. The van der Waals surface area contributed by atoms with E-state index in [-0.39, 0.29) is 0 Å². The number of aliphatic hydroxyl groups is 1. The van der Waals surface area contributed by atoms with Crippen LogP contribution < -0.4 is 0 Å². The number of halogens is 4. The second-order valence-corrected chi connectivity index (χ2v) is 3.41. The number of alkyl halides is 3. The van der Waals surface area contributed by atoms with Crippen LogP contribution in [0.5, 0.6) is 0 Å². The number of ketones is 1. The second-order valence-electron chi connectivity index (χ2n) is 3.41. The number of Topliss-reactive ketones (excluding diaryl/α,β-unsaturated/α-hetero) is 1. The number of hydrogen-bond acceptors (Lipinski definition) is 2. The predicted molar refractivity (Wildman–Crippen MR) is 47.4 cm³/mol. The molecule has 88 valence electrons. The van der Waals surface area contributed by atoms with Crippen LogP contribution in [0.4, 0.5) is 17.6 Å². The molecule has 0 saturated heterocycles. The summed E-state index contributed by atoms with van der Waals surface area (Å²) < 4.78 is 49.4. The largest absolute Gasteiger partial charge is 0.424 e. The highest BCUT2D eigenvalue weighted by Crippen LogP contribution is 2.32. The lowest BCUT2D eigenvalue weighted by molar-refractivity contribution is -0.229. The first-order chi connectivity index (χ1) is 7.16. The molecule has 1 aromatic rings. The van der Waals surface area contributed by atoms with Gasteiger partial charge in [0.2, 0.25) is 11.4 Å². The molecule has 6 heteroatoms. The molecule has 1 aromatic carbocycles. The van der Waals surface area contributed by atoms with Crippen LogP contribution in [0, 0.1) is 5.82 Å². The van der Waals surface area contributed by atoms with E-state index in [1.165, 1.54) is 0 Å². The van der Waals surface area contributed by atoms with Gasteiger partial charge in [0.05, 0.1) is 0 Å².